The molecule has 0 radical (unpaired) electrons. The molecule has 3 nitrogen and oxygen atoms in total. The summed E-state index contributed by atoms with van der Waals surface area (Å²) in [6, 6.07) is 0.176. The summed E-state index contributed by atoms with van der Waals surface area (Å²) in [5, 5.41) is 1.15. The molecule has 0 fully saturated rings. The lowest BCUT2D eigenvalue weighted by Crippen LogP contribution is -2.28. The summed E-state index contributed by atoms with van der Waals surface area (Å²) in [5.74, 6) is 0. The molecular weight excluding hydrogens is 230 g/mol. The number of anilines is 1. The van der Waals surface area contributed by atoms with Crippen LogP contribution >= 0.6 is 11.3 Å². The summed E-state index contributed by atoms with van der Waals surface area (Å²) >= 11 is 1.79. The molecule has 1 aromatic rings. The minimum absolute atomic E-state index is 0.176. The van der Waals surface area contributed by atoms with Crippen molar-refractivity contribution in [3.05, 3.63) is 10.6 Å². The Bertz CT molecular complexity index is 393. The SMILES string of the molecule is CCN(CC)c1nc2c(s1)C(N)CC(C)(C)C2. The molecule has 0 aromatic carbocycles. The number of aromatic nitrogens is 1. The van der Waals surface area contributed by atoms with Crippen LogP contribution in [0.15, 0.2) is 0 Å². The van der Waals surface area contributed by atoms with E-state index in [2.05, 4.69) is 32.6 Å². The lowest BCUT2D eigenvalue weighted by Gasteiger charge is -2.32. The summed E-state index contributed by atoms with van der Waals surface area (Å²) in [6.07, 6.45) is 2.13. The van der Waals surface area contributed by atoms with Crippen molar-refractivity contribution >= 4 is 16.5 Å². The summed E-state index contributed by atoms with van der Waals surface area (Å²) in [4.78, 5) is 8.42. The molecule has 4 heteroatoms. The van der Waals surface area contributed by atoms with Gasteiger partial charge < -0.3 is 10.6 Å². The fraction of sp³-hybridized carbons (Fsp3) is 0.769. The van der Waals surface area contributed by atoms with Gasteiger partial charge in [0, 0.05) is 24.0 Å². The molecule has 96 valence electrons. The highest BCUT2D eigenvalue weighted by Crippen LogP contribution is 2.43. The van der Waals surface area contributed by atoms with E-state index in [1.807, 2.05) is 0 Å². The van der Waals surface area contributed by atoms with Crippen LogP contribution in [0.1, 0.15) is 50.7 Å². The molecular formula is C13H23N3S. The number of nitrogens with two attached hydrogens (primary N) is 1. The Kier molecular flexibility index (Phi) is 3.46. The van der Waals surface area contributed by atoms with Gasteiger partial charge in [-0.1, -0.05) is 25.2 Å². The quantitative estimate of drug-likeness (QED) is 0.900. The van der Waals surface area contributed by atoms with Crippen molar-refractivity contribution in [2.75, 3.05) is 18.0 Å². The Morgan fingerprint density at radius 3 is 2.65 bits per heavy atom. The fourth-order valence-corrected chi connectivity index (χ4v) is 3.82. The standard InChI is InChI=1S/C13H23N3S/c1-5-16(6-2)12-15-10-8-13(3,4)7-9(14)11(10)17-12/h9H,5-8,14H2,1-4H3. The zero-order chi connectivity index (χ0) is 12.6. The van der Waals surface area contributed by atoms with E-state index in [9.17, 15) is 0 Å². The molecule has 1 aliphatic rings. The molecule has 2 N–H and O–H groups in total. The summed E-state index contributed by atoms with van der Waals surface area (Å²) in [6.45, 7) is 10.9. The van der Waals surface area contributed by atoms with Crippen molar-refractivity contribution in [3.63, 3.8) is 0 Å². The van der Waals surface area contributed by atoms with Gasteiger partial charge in [-0.15, -0.1) is 0 Å². The molecule has 0 bridgehead atoms. The maximum absolute atomic E-state index is 6.27. The van der Waals surface area contributed by atoms with Gasteiger partial charge in [-0.05, 0) is 32.1 Å². The third-order valence-corrected chi connectivity index (χ3v) is 4.80. The van der Waals surface area contributed by atoms with Gasteiger partial charge in [0.2, 0.25) is 0 Å². The van der Waals surface area contributed by atoms with Crippen LogP contribution in [0.5, 0.6) is 0 Å². The van der Waals surface area contributed by atoms with Gasteiger partial charge in [0.1, 0.15) is 0 Å². The normalized spacial score (nSPS) is 22.3. The number of hydrogen-bond acceptors (Lipinski definition) is 4. The van der Waals surface area contributed by atoms with Crippen molar-refractivity contribution in [2.45, 2.75) is 46.6 Å². The molecule has 1 atom stereocenters. The predicted molar refractivity (Wildman–Crippen MR) is 74.7 cm³/mol. The van der Waals surface area contributed by atoms with Crippen LogP contribution in [0, 0.1) is 5.41 Å². The van der Waals surface area contributed by atoms with Crippen LogP contribution in [0.4, 0.5) is 5.13 Å². The zero-order valence-electron chi connectivity index (χ0n) is 11.3. The lowest BCUT2D eigenvalue weighted by atomic mass is 9.77. The Labute approximate surface area is 108 Å². The van der Waals surface area contributed by atoms with Gasteiger partial charge in [-0.2, -0.15) is 0 Å². The summed E-state index contributed by atoms with van der Waals surface area (Å²) < 4.78 is 0. The van der Waals surface area contributed by atoms with Crippen LogP contribution < -0.4 is 10.6 Å². The van der Waals surface area contributed by atoms with E-state index in [0.717, 1.165) is 31.1 Å². The highest BCUT2D eigenvalue weighted by molar-refractivity contribution is 7.15. The molecule has 0 spiro atoms. The Hall–Kier alpha value is -0.610. The van der Waals surface area contributed by atoms with Gasteiger partial charge >= 0.3 is 0 Å². The molecule has 0 amide bonds. The maximum Gasteiger partial charge on any atom is 0.185 e. The van der Waals surface area contributed by atoms with Crippen molar-refractivity contribution in [3.8, 4) is 0 Å². The number of thiazole rings is 1. The van der Waals surface area contributed by atoms with E-state index >= 15 is 0 Å². The van der Waals surface area contributed by atoms with Crippen LogP contribution in [0.3, 0.4) is 0 Å². The van der Waals surface area contributed by atoms with E-state index in [0.29, 0.717) is 5.41 Å². The van der Waals surface area contributed by atoms with Crippen LogP contribution in [-0.4, -0.2) is 18.1 Å². The summed E-state index contributed by atoms with van der Waals surface area (Å²) in [5.41, 5.74) is 7.80. The fourth-order valence-electron chi connectivity index (χ4n) is 2.61. The zero-order valence-corrected chi connectivity index (χ0v) is 12.1. The number of hydrogen-bond donors (Lipinski definition) is 1. The Morgan fingerprint density at radius 1 is 1.41 bits per heavy atom. The third-order valence-electron chi connectivity index (χ3n) is 3.51. The van der Waals surface area contributed by atoms with E-state index in [-0.39, 0.29) is 6.04 Å². The first-order valence-corrected chi connectivity index (χ1v) is 7.28. The molecule has 2 rings (SSSR count). The van der Waals surface area contributed by atoms with Crippen molar-refractivity contribution in [1.29, 1.82) is 0 Å². The second kappa shape index (κ2) is 4.58. The molecule has 0 aliphatic heterocycles. The van der Waals surface area contributed by atoms with Gasteiger partial charge in [0.15, 0.2) is 5.13 Å². The minimum atomic E-state index is 0.176. The molecule has 1 unspecified atom stereocenters. The van der Waals surface area contributed by atoms with Gasteiger partial charge in [0.25, 0.3) is 0 Å². The second-order valence-electron chi connectivity index (χ2n) is 5.63. The first kappa shape index (κ1) is 12.8. The molecule has 0 saturated carbocycles. The van der Waals surface area contributed by atoms with Crippen molar-refractivity contribution in [2.24, 2.45) is 11.1 Å². The first-order valence-electron chi connectivity index (χ1n) is 6.47. The predicted octanol–water partition coefficient (Wildman–Crippen LogP) is 2.96. The Morgan fingerprint density at radius 2 is 2.06 bits per heavy atom. The third kappa shape index (κ3) is 2.47. The average molecular weight is 253 g/mol. The second-order valence-corrected chi connectivity index (χ2v) is 6.64. The highest BCUT2D eigenvalue weighted by Gasteiger charge is 2.33. The number of fused-ring (bicyclic) bond motifs is 1. The van der Waals surface area contributed by atoms with E-state index < -0.39 is 0 Å². The average Bonchev–Trinajstić information content (AvgIpc) is 2.61. The molecule has 1 aliphatic carbocycles. The number of rotatable bonds is 3. The van der Waals surface area contributed by atoms with Gasteiger partial charge in [-0.25, -0.2) is 4.98 Å². The molecule has 0 saturated heterocycles. The maximum atomic E-state index is 6.27. The van der Waals surface area contributed by atoms with E-state index in [1.54, 1.807) is 11.3 Å². The van der Waals surface area contributed by atoms with Crippen LogP contribution in [-0.2, 0) is 6.42 Å². The highest BCUT2D eigenvalue weighted by atomic mass is 32.1. The number of nitrogens with zero attached hydrogens (tertiary/aromatic N) is 2. The van der Waals surface area contributed by atoms with Crippen molar-refractivity contribution < 1.29 is 0 Å². The summed E-state index contributed by atoms with van der Waals surface area (Å²) in [7, 11) is 0. The van der Waals surface area contributed by atoms with Crippen LogP contribution in [0.2, 0.25) is 0 Å². The lowest BCUT2D eigenvalue weighted by molar-refractivity contribution is 0.282. The minimum Gasteiger partial charge on any atom is -0.349 e. The largest absolute Gasteiger partial charge is 0.349 e. The topological polar surface area (TPSA) is 42.2 Å². The van der Waals surface area contributed by atoms with Crippen LogP contribution in [0.25, 0.3) is 0 Å². The first-order chi connectivity index (χ1) is 7.96. The van der Waals surface area contributed by atoms with Crippen molar-refractivity contribution in [1.82, 2.24) is 4.98 Å². The molecule has 17 heavy (non-hydrogen) atoms. The monoisotopic (exact) mass is 253 g/mol. The molecule has 1 aromatic heterocycles. The van der Waals surface area contributed by atoms with Gasteiger partial charge in [0.05, 0.1) is 5.69 Å². The smallest absolute Gasteiger partial charge is 0.185 e. The van der Waals surface area contributed by atoms with E-state index in [4.69, 9.17) is 10.7 Å². The van der Waals surface area contributed by atoms with E-state index in [1.165, 1.54) is 10.6 Å². The van der Waals surface area contributed by atoms with Gasteiger partial charge in [-0.3, -0.25) is 0 Å². The Balaban J connectivity index is 2.32. The molecule has 1 heterocycles.